The minimum Gasteiger partial charge on any atom is -0.330 e. The van der Waals surface area contributed by atoms with Crippen molar-refractivity contribution in [2.75, 3.05) is 6.54 Å². The molecule has 0 unspecified atom stereocenters. The maximum absolute atomic E-state index is 5.69. The van der Waals surface area contributed by atoms with Crippen molar-refractivity contribution in [1.29, 1.82) is 0 Å². The van der Waals surface area contributed by atoms with Crippen LogP contribution in [0.1, 0.15) is 44.3 Å². The quantitative estimate of drug-likeness (QED) is 0.810. The highest BCUT2D eigenvalue weighted by molar-refractivity contribution is 7.09. The van der Waals surface area contributed by atoms with Gasteiger partial charge >= 0.3 is 0 Å². The Kier molecular flexibility index (Phi) is 3.09. The Morgan fingerprint density at radius 3 is 2.54 bits per heavy atom. The van der Waals surface area contributed by atoms with Crippen LogP contribution in [-0.4, -0.2) is 11.5 Å². The largest absolute Gasteiger partial charge is 0.330 e. The molecule has 0 aliphatic carbocycles. The number of hydrogen-bond donors (Lipinski definition) is 1. The summed E-state index contributed by atoms with van der Waals surface area (Å²) in [4.78, 5) is 4.59. The molecule has 0 saturated heterocycles. The maximum Gasteiger partial charge on any atom is 0.0997 e. The van der Waals surface area contributed by atoms with Crippen LogP contribution >= 0.6 is 11.3 Å². The first-order chi connectivity index (χ1) is 5.97. The van der Waals surface area contributed by atoms with Crippen molar-refractivity contribution in [1.82, 2.24) is 4.98 Å². The summed E-state index contributed by atoms with van der Waals surface area (Å²) in [5.74, 6) is 0.513. The Labute approximate surface area is 84.2 Å². The summed E-state index contributed by atoms with van der Waals surface area (Å²) in [5, 5.41) is 3.29. The van der Waals surface area contributed by atoms with Crippen LogP contribution in [0.2, 0.25) is 0 Å². The summed E-state index contributed by atoms with van der Waals surface area (Å²) in [6.45, 7) is 9.24. The summed E-state index contributed by atoms with van der Waals surface area (Å²) in [5.41, 5.74) is 6.90. The molecule has 0 aliphatic heterocycles. The predicted molar refractivity (Wildman–Crippen MR) is 58.3 cm³/mol. The Balaban J connectivity index is 2.91. The molecule has 74 valence electrons. The van der Waals surface area contributed by atoms with Gasteiger partial charge in [-0.15, -0.1) is 11.3 Å². The molecule has 1 aromatic rings. The van der Waals surface area contributed by atoms with Crippen LogP contribution in [0.4, 0.5) is 0 Å². The number of nitrogens with two attached hydrogens (primary N) is 1. The molecule has 0 radical (unpaired) electrons. The number of hydrogen-bond acceptors (Lipinski definition) is 3. The lowest BCUT2D eigenvalue weighted by molar-refractivity contribution is 0.532. The van der Waals surface area contributed by atoms with Gasteiger partial charge in [0.05, 0.1) is 10.7 Å². The zero-order chi connectivity index (χ0) is 10.1. The highest BCUT2D eigenvalue weighted by atomic mass is 32.1. The molecule has 1 aromatic heterocycles. The molecule has 0 bridgehead atoms. The van der Waals surface area contributed by atoms with E-state index in [0.29, 0.717) is 12.5 Å². The Bertz CT molecular complexity index is 276. The minimum atomic E-state index is 0.0256. The second-order valence-electron chi connectivity index (χ2n) is 4.32. The molecule has 3 heteroatoms. The summed E-state index contributed by atoms with van der Waals surface area (Å²) in [6, 6.07) is 0. The SMILES string of the molecule is CC(C)c1csc(C(C)(C)CN)n1. The Morgan fingerprint density at radius 2 is 2.15 bits per heavy atom. The van der Waals surface area contributed by atoms with Crippen LogP contribution in [-0.2, 0) is 5.41 Å². The topological polar surface area (TPSA) is 38.9 Å². The second kappa shape index (κ2) is 3.76. The summed E-state index contributed by atoms with van der Waals surface area (Å²) in [7, 11) is 0. The molecule has 1 heterocycles. The molecule has 13 heavy (non-hydrogen) atoms. The second-order valence-corrected chi connectivity index (χ2v) is 5.18. The van der Waals surface area contributed by atoms with Crippen LogP contribution in [0.15, 0.2) is 5.38 Å². The Morgan fingerprint density at radius 1 is 1.54 bits per heavy atom. The molecule has 0 aromatic carbocycles. The fourth-order valence-corrected chi connectivity index (χ4v) is 2.07. The standard InChI is InChI=1S/C10H18N2S/c1-7(2)8-5-13-9(12-8)10(3,4)6-11/h5,7H,6,11H2,1-4H3. The fraction of sp³-hybridized carbons (Fsp3) is 0.700. The summed E-state index contributed by atoms with van der Waals surface area (Å²) < 4.78 is 0. The van der Waals surface area contributed by atoms with E-state index in [2.05, 4.69) is 38.1 Å². The smallest absolute Gasteiger partial charge is 0.0997 e. The van der Waals surface area contributed by atoms with Gasteiger partial charge in [-0.3, -0.25) is 0 Å². The molecular weight excluding hydrogens is 180 g/mol. The number of nitrogens with zero attached hydrogens (tertiary/aromatic N) is 1. The summed E-state index contributed by atoms with van der Waals surface area (Å²) in [6.07, 6.45) is 0. The van der Waals surface area contributed by atoms with Crippen LogP contribution in [0.5, 0.6) is 0 Å². The van der Waals surface area contributed by atoms with Crippen molar-refractivity contribution >= 4 is 11.3 Å². The lowest BCUT2D eigenvalue weighted by Gasteiger charge is -2.18. The third kappa shape index (κ3) is 2.29. The van der Waals surface area contributed by atoms with Gasteiger partial charge in [0.1, 0.15) is 0 Å². The van der Waals surface area contributed by atoms with E-state index in [-0.39, 0.29) is 5.41 Å². The number of thiazole rings is 1. The van der Waals surface area contributed by atoms with E-state index in [1.165, 1.54) is 5.69 Å². The van der Waals surface area contributed by atoms with Gasteiger partial charge in [-0.1, -0.05) is 27.7 Å². The molecule has 0 amide bonds. The first kappa shape index (κ1) is 10.7. The van der Waals surface area contributed by atoms with Crippen molar-refractivity contribution in [3.63, 3.8) is 0 Å². The lowest BCUT2D eigenvalue weighted by Crippen LogP contribution is -2.27. The van der Waals surface area contributed by atoms with Gasteiger partial charge in [-0.05, 0) is 5.92 Å². The molecule has 1 rings (SSSR count). The third-order valence-corrected chi connectivity index (χ3v) is 3.43. The first-order valence-corrected chi connectivity index (χ1v) is 5.51. The highest BCUT2D eigenvalue weighted by Gasteiger charge is 2.22. The Hall–Kier alpha value is -0.410. The van der Waals surface area contributed by atoms with Crippen LogP contribution in [0.25, 0.3) is 0 Å². The van der Waals surface area contributed by atoms with Gasteiger partial charge in [-0.2, -0.15) is 0 Å². The molecular formula is C10H18N2S. The molecule has 0 spiro atoms. The molecule has 0 saturated carbocycles. The van der Waals surface area contributed by atoms with E-state index in [0.717, 1.165) is 5.01 Å². The van der Waals surface area contributed by atoms with E-state index in [4.69, 9.17) is 5.73 Å². The lowest BCUT2D eigenvalue weighted by atomic mass is 9.95. The molecule has 2 N–H and O–H groups in total. The predicted octanol–water partition coefficient (Wildman–Crippen LogP) is 2.50. The van der Waals surface area contributed by atoms with Gasteiger partial charge in [0, 0.05) is 17.3 Å². The van der Waals surface area contributed by atoms with Crippen LogP contribution < -0.4 is 5.73 Å². The van der Waals surface area contributed by atoms with Crippen molar-refractivity contribution in [2.24, 2.45) is 5.73 Å². The van der Waals surface area contributed by atoms with E-state index >= 15 is 0 Å². The molecule has 0 atom stereocenters. The zero-order valence-electron chi connectivity index (χ0n) is 8.79. The van der Waals surface area contributed by atoms with Crippen LogP contribution in [0.3, 0.4) is 0 Å². The van der Waals surface area contributed by atoms with Gasteiger partial charge in [0.15, 0.2) is 0 Å². The maximum atomic E-state index is 5.69. The fourth-order valence-electron chi connectivity index (χ4n) is 0.949. The highest BCUT2D eigenvalue weighted by Crippen LogP contribution is 2.27. The van der Waals surface area contributed by atoms with Crippen molar-refractivity contribution in [3.8, 4) is 0 Å². The molecule has 0 aliphatic rings. The summed E-state index contributed by atoms with van der Waals surface area (Å²) >= 11 is 1.72. The van der Waals surface area contributed by atoms with Crippen molar-refractivity contribution in [2.45, 2.75) is 39.0 Å². The van der Waals surface area contributed by atoms with Gasteiger partial charge in [0.25, 0.3) is 0 Å². The van der Waals surface area contributed by atoms with E-state index < -0.39 is 0 Å². The van der Waals surface area contributed by atoms with E-state index in [1.807, 2.05) is 0 Å². The first-order valence-electron chi connectivity index (χ1n) is 4.63. The van der Waals surface area contributed by atoms with Crippen molar-refractivity contribution < 1.29 is 0 Å². The minimum absolute atomic E-state index is 0.0256. The monoisotopic (exact) mass is 198 g/mol. The molecule has 0 fully saturated rings. The van der Waals surface area contributed by atoms with E-state index in [9.17, 15) is 0 Å². The van der Waals surface area contributed by atoms with E-state index in [1.54, 1.807) is 11.3 Å². The third-order valence-electron chi connectivity index (χ3n) is 2.20. The zero-order valence-corrected chi connectivity index (χ0v) is 9.61. The molecule has 2 nitrogen and oxygen atoms in total. The van der Waals surface area contributed by atoms with Gasteiger partial charge in [-0.25, -0.2) is 4.98 Å². The number of rotatable bonds is 3. The van der Waals surface area contributed by atoms with Gasteiger partial charge < -0.3 is 5.73 Å². The van der Waals surface area contributed by atoms with Crippen LogP contribution in [0, 0.1) is 0 Å². The average Bonchev–Trinajstić information content (AvgIpc) is 2.52. The average molecular weight is 198 g/mol. The van der Waals surface area contributed by atoms with Gasteiger partial charge in [0.2, 0.25) is 0 Å². The number of aromatic nitrogens is 1. The van der Waals surface area contributed by atoms with Crippen molar-refractivity contribution in [3.05, 3.63) is 16.1 Å². The normalized spacial score (nSPS) is 12.5.